The highest BCUT2D eigenvalue weighted by atomic mass is 35.5. The van der Waals surface area contributed by atoms with E-state index in [2.05, 4.69) is 25.9 Å². The monoisotopic (exact) mass is 401 g/mol. The number of amides is 2. The smallest absolute Gasteiger partial charge is 0.336 e. The zero-order valence-electron chi connectivity index (χ0n) is 15.6. The summed E-state index contributed by atoms with van der Waals surface area (Å²) in [5.41, 5.74) is 8.64. The lowest BCUT2D eigenvalue weighted by atomic mass is 10.3. The molecule has 3 aromatic rings. The second kappa shape index (κ2) is 7.61. The second-order valence-corrected chi connectivity index (χ2v) is 6.96. The Balaban J connectivity index is 1.69. The van der Waals surface area contributed by atoms with Gasteiger partial charge in [-0.25, -0.2) is 19.4 Å². The van der Waals surface area contributed by atoms with Gasteiger partial charge in [0.2, 0.25) is 0 Å². The van der Waals surface area contributed by atoms with Crippen LogP contribution in [0.4, 0.5) is 10.6 Å². The van der Waals surface area contributed by atoms with Gasteiger partial charge in [-0.15, -0.1) is 0 Å². The largest absolute Gasteiger partial charge is 0.378 e. The third-order valence-electron chi connectivity index (χ3n) is 4.40. The number of carbonyl (C=O) groups is 1. The normalized spacial score (nSPS) is 14.3. The predicted molar refractivity (Wildman–Crippen MR) is 106 cm³/mol. The van der Waals surface area contributed by atoms with E-state index in [1.807, 2.05) is 19.9 Å². The molecule has 0 bridgehead atoms. The molecule has 0 unspecified atom stereocenters. The van der Waals surface area contributed by atoms with Crippen LogP contribution < -0.4 is 10.9 Å². The average Bonchev–Trinajstić information content (AvgIpc) is 3.03. The zero-order valence-corrected chi connectivity index (χ0v) is 16.3. The van der Waals surface area contributed by atoms with Gasteiger partial charge < -0.3 is 9.64 Å². The minimum atomic E-state index is -0.254. The Morgan fingerprint density at radius 1 is 1.14 bits per heavy atom. The number of urea groups is 1. The molecule has 1 aliphatic heterocycles. The molecule has 2 aromatic heterocycles. The molecule has 0 atom stereocenters. The first kappa shape index (κ1) is 18.5. The zero-order chi connectivity index (χ0) is 19.7. The molecule has 0 radical (unpaired) electrons. The molecule has 2 N–H and O–H groups in total. The summed E-state index contributed by atoms with van der Waals surface area (Å²) in [7, 11) is 0. The lowest BCUT2D eigenvalue weighted by Crippen LogP contribution is -2.48. The van der Waals surface area contributed by atoms with Gasteiger partial charge in [-0.1, -0.05) is 11.6 Å². The van der Waals surface area contributed by atoms with Gasteiger partial charge in [-0.3, -0.25) is 10.9 Å². The Morgan fingerprint density at radius 2 is 1.93 bits per heavy atom. The number of hydrazine groups is 1. The summed E-state index contributed by atoms with van der Waals surface area (Å²) in [6.45, 7) is 5.97. The Hall–Kier alpha value is -2.91. The maximum Gasteiger partial charge on any atom is 0.336 e. The van der Waals surface area contributed by atoms with Gasteiger partial charge in [-0.2, -0.15) is 5.10 Å². The predicted octanol–water partition coefficient (Wildman–Crippen LogP) is 2.45. The van der Waals surface area contributed by atoms with Crippen LogP contribution in [-0.4, -0.2) is 57.0 Å². The fraction of sp³-hybridized carbons (Fsp3) is 0.333. The van der Waals surface area contributed by atoms with Crippen molar-refractivity contribution >= 4 is 34.5 Å². The van der Waals surface area contributed by atoms with E-state index in [0.29, 0.717) is 54.0 Å². The van der Waals surface area contributed by atoms with Crippen molar-refractivity contribution in [2.45, 2.75) is 13.8 Å². The molecule has 1 saturated heterocycles. The molecule has 2 amide bonds. The molecule has 3 heterocycles. The van der Waals surface area contributed by atoms with Crippen LogP contribution in [0.25, 0.3) is 16.9 Å². The van der Waals surface area contributed by atoms with Crippen LogP contribution in [0.1, 0.15) is 11.4 Å². The summed E-state index contributed by atoms with van der Waals surface area (Å²) in [5.74, 6) is 0.866. The molecule has 28 heavy (non-hydrogen) atoms. The summed E-state index contributed by atoms with van der Waals surface area (Å²) in [4.78, 5) is 23.4. The molecule has 10 heteroatoms. The van der Waals surface area contributed by atoms with Crippen LogP contribution in [-0.2, 0) is 4.74 Å². The fourth-order valence-electron chi connectivity index (χ4n) is 3.05. The van der Waals surface area contributed by atoms with Crippen molar-refractivity contribution < 1.29 is 9.53 Å². The van der Waals surface area contributed by atoms with Gasteiger partial charge in [0.15, 0.2) is 11.6 Å². The van der Waals surface area contributed by atoms with Crippen molar-refractivity contribution in [2.24, 2.45) is 0 Å². The number of nitrogens with one attached hydrogen (secondary N) is 2. The SMILES string of the molecule is Cc1cc(C)n(-c2nc3ccc(Cl)cc3nc2NNC(=O)N2CCOCC2)n1. The first-order valence-electron chi connectivity index (χ1n) is 8.91. The van der Waals surface area contributed by atoms with E-state index in [1.54, 1.807) is 27.8 Å². The van der Waals surface area contributed by atoms with Crippen LogP contribution >= 0.6 is 11.6 Å². The molecule has 1 aliphatic rings. The van der Waals surface area contributed by atoms with Crippen molar-refractivity contribution in [1.29, 1.82) is 0 Å². The van der Waals surface area contributed by atoms with Gasteiger partial charge in [0, 0.05) is 23.8 Å². The van der Waals surface area contributed by atoms with Gasteiger partial charge in [0.25, 0.3) is 0 Å². The van der Waals surface area contributed by atoms with Crippen molar-refractivity contribution in [1.82, 2.24) is 30.1 Å². The van der Waals surface area contributed by atoms with Crippen molar-refractivity contribution in [3.8, 4) is 5.82 Å². The molecule has 1 fully saturated rings. The Labute approximate surface area is 166 Å². The van der Waals surface area contributed by atoms with E-state index in [1.165, 1.54) is 0 Å². The van der Waals surface area contributed by atoms with Gasteiger partial charge in [-0.05, 0) is 38.1 Å². The number of halogens is 1. The number of anilines is 1. The Kier molecular flexibility index (Phi) is 5.01. The number of aryl methyl sites for hydroxylation is 2. The molecular weight excluding hydrogens is 382 g/mol. The van der Waals surface area contributed by atoms with E-state index >= 15 is 0 Å². The van der Waals surface area contributed by atoms with Crippen molar-refractivity contribution in [2.75, 3.05) is 31.7 Å². The number of hydrogen-bond acceptors (Lipinski definition) is 6. The minimum Gasteiger partial charge on any atom is -0.378 e. The number of ether oxygens (including phenoxy) is 1. The van der Waals surface area contributed by atoms with E-state index in [-0.39, 0.29) is 6.03 Å². The van der Waals surface area contributed by atoms with Gasteiger partial charge in [0.1, 0.15) is 0 Å². The van der Waals surface area contributed by atoms with Gasteiger partial charge in [0.05, 0.1) is 29.9 Å². The van der Waals surface area contributed by atoms with E-state index < -0.39 is 0 Å². The summed E-state index contributed by atoms with van der Waals surface area (Å²) in [6, 6.07) is 6.98. The number of nitrogens with zero attached hydrogens (tertiary/aromatic N) is 5. The maximum absolute atomic E-state index is 12.4. The number of rotatable bonds is 3. The van der Waals surface area contributed by atoms with Crippen molar-refractivity contribution in [3.63, 3.8) is 0 Å². The minimum absolute atomic E-state index is 0.254. The molecule has 146 valence electrons. The van der Waals surface area contributed by atoms with E-state index in [0.717, 1.165) is 11.4 Å². The van der Waals surface area contributed by atoms with Crippen LogP contribution in [0.5, 0.6) is 0 Å². The van der Waals surface area contributed by atoms with Crippen LogP contribution in [0.15, 0.2) is 24.3 Å². The maximum atomic E-state index is 12.4. The van der Waals surface area contributed by atoms with E-state index in [9.17, 15) is 4.79 Å². The highest BCUT2D eigenvalue weighted by Gasteiger charge is 2.19. The number of hydrogen-bond donors (Lipinski definition) is 2. The second-order valence-electron chi connectivity index (χ2n) is 6.52. The standard InChI is InChI=1S/C18H20ClN7O2/c1-11-9-12(2)26(24-11)17-16(20-15-10-13(19)3-4-14(15)21-17)22-23-18(27)25-5-7-28-8-6-25/h3-4,9-10H,5-8H2,1-2H3,(H,20,22)(H,23,27). The van der Waals surface area contributed by atoms with Crippen molar-refractivity contribution in [3.05, 3.63) is 40.7 Å². The first-order valence-corrected chi connectivity index (χ1v) is 9.29. The summed E-state index contributed by atoms with van der Waals surface area (Å²) >= 11 is 6.09. The number of aromatic nitrogens is 4. The molecule has 0 spiro atoms. The molecule has 0 saturated carbocycles. The Bertz CT molecular complexity index is 1030. The molecule has 0 aliphatic carbocycles. The lowest BCUT2D eigenvalue weighted by Gasteiger charge is -2.27. The summed E-state index contributed by atoms with van der Waals surface area (Å²) in [5, 5.41) is 5.05. The third-order valence-corrected chi connectivity index (χ3v) is 4.64. The highest BCUT2D eigenvalue weighted by Crippen LogP contribution is 2.23. The van der Waals surface area contributed by atoms with Crippen LogP contribution in [0.2, 0.25) is 5.02 Å². The topological polar surface area (TPSA) is 97.2 Å². The molecular formula is C18H20ClN7O2. The number of fused-ring (bicyclic) bond motifs is 1. The molecule has 9 nitrogen and oxygen atoms in total. The van der Waals surface area contributed by atoms with E-state index in [4.69, 9.17) is 16.3 Å². The highest BCUT2D eigenvalue weighted by molar-refractivity contribution is 6.31. The lowest BCUT2D eigenvalue weighted by molar-refractivity contribution is 0.0536. The van der Waals surface area contributed by atoms with Crippen LogP contribution in [0, 0.1) is 13.8 Å². The van der Waals surface area contributed by atoms with Gasteiger partial charge >= 0.3 is 6.03 Å². The number of carbonyl (C=O) groups excluding carboxylic acids is 1. The molecule has 1 aromatic carbocycles. The third kappa shape index (κ3) is 3.71. The summed E-state index contributed by atoms with van der Waals surface area (Å²) in [6.07, 6.45) is 0. The quantitative estimate of drug-likeness (QED) is 0.654. The number of morpholine rings is 1. The van der Waals surface area contributed by atoms with Crippen LogP contribution in [0.3, 0.4) is 0 Å². The average molecular weight is 402 g/mol. The number of benzene rings is 1. The first-order chi connectivity index (χ1) is 13.5. The fourth-order valence-corrected chi connectivity index (χ4v) is 3.22. The summed E-state index contributed by atoms with van der Waals surface area (Å²) < 4.78 is 6.97. The molecule has 4 rings (SSSR count). The Morgan fingerprint density at radius 3 is 2.64 bits per heavy atom.